The van der Waals surface area contributed by atoms with E-state index in [0.717, 1.165) is 32.5 Å². The summed E-state index contributed by atoms with van der Waals surface area (Å²) in [4.78, 5) is 2.57. The number of likely N-dealkylation sites (tertiary alicyclic amines) is 1. The summed E-state index contributed by atoms with van der Waals surface area (Å²) >= 11 is 0. The average molecular weight is 288 g/mol. The number of piperidine rings is 1. The van der Waals surface area contributed by atoms with Gasteiger partial charge in [-0.1, -0.05) is 30.3 Å². The Bertz CT molecular complexity index is 422. The molecule has 1 saturated carbocycles. The van der Waals surface area contributed by atoms with Crippen molar-refractivity contribution in [3.05, 3.63) is 35.9 Å². The van der Waals surface area contributed by atoms with E-state index in [2.05, 4.69) is 40.5 Å². The van der Waals surface area contributed by atoms with Gasteiger partial charge in [-0.3, -0.25) is 4.90 Å². The van der Waals surface area contributed by atoms with Gasteiger partial charge < -0.3 is 10.4 Å². The van der Waals surface area contributed by atoms with Gasteiger partial charge in [-0.2, -0.15) is 0 Å². The zero-order valence-electron chi connectivity index (χ0n) is 12.9. The van der Waals surface area contributed by atoms with Gasteiger partial charge >= 0.3 is 0 Å². The second-order valence-corrected chi connectivity index (χ2v) is 6.80. The summed E-state index contributed by atoms with van der Waals surface area (Å²) in [5.41, 5.74) is 1.41. The summed E-state index contributed by atoms with van der Waals surface area (Å²) in [5, 5.41) is 13.4. The Balaban J connectivity index is 1.43. The predicted molar refractivity (Wildman–Crippen MR) is 86.1 cm³/mol. The highest BCUT2D eigenvalue weighted by atomic mass is 16.3. The molecule has 0 amide bonds. The van der Waals surface area contributed by atoms with Gasteiger partial charge in [0.2, 0.25) is 0 Å². The Morgan fingerprint density at radius 3 is 2.76 bits per heavy atom. The van der Waals surface area contributed by atoms with Gasteiger partial charge in [-0.15, -0.1) is 0 Å². The molecule has 1 aliphatic heterocycles. The zero-order valence-corrected chi connectivity index (χ0v) is 12.9. The molecule has 1 aliphatic carbocycles. The van der Waals surface area contributed by atoms with Gasteiger partial charge in [0.25, 0.3) is 0 Å². The molecule has 0 spiro atoms. The maximum Gasteiger partial charge on any atom is 0.0543 e. The molecule has 0 bridgehead atoms. The maximum absolute atomic E-state index is 9.61. The third-order valence-corrected chi connectivity index (χ3v) is 4.96. The van der Waals surface area contributed by atoms with E-state index in [9.17, 15) is 5.11 Å². The van der Waals surface area contributed by atoms with Crippen LogP contribution in [0.2, 0.25) is 0 Å². The topological polar surface area (TPSA) is 35.5 Å². The van der Waals surface area contributed by atoms with E-state index in [0.29, 0.717) is 12.0 Å². The molecule has 1 aromatic carbocycles. The second-order valence-electron chi connectivity index (χ2n) is 6.80. The quantitative estimate of drug-likeness (QED) is 0.873. The minimum atomic E-state index is -0.0438. The maximum atomic E-state index is 9.61. The summed E-state index contributed by atoms with van der Waals surface area (Å²) < 4.78 is 0. The summed E-state index contributed by atoms with van der Waals surface area (Å²) in [5.74, 6) is 0.685. The Morgan fingerprint density at radius 2 is 2.00 bits per heavy atom. The van der Waals surface area contributed by atoms with Crippen molar-refractivity contribution in [1.29, 1.82) is 0 Å². The molecule has 0 radical (unpaired) electrons. The molecule has 1 saturated heterocycles. The van der Waals surface area contributed by atoms with E-state index in [1.165, 1.54) is 31.4 Å². The fraction of sp³-hybridized carbons (Fsp3) is 0.667. The Hall–Kier alpha value is -0.900. The van der Waals surface area contributed by atoms with Gasteiger partial charge in [0.1, 0.15) is 0 Å². The average Bonchev–Trinajstić information content (AvgIpc) is 2.92. The molecule has 3 unspecified atom stereocenters. The Morgan fingerprint density at radius 1 is 1.14 bits per heavy atom. The highest BCUT2D eigenvalue weighted by molar-refractivity contribution is 5.14. The number of hydrogen-bond donors (Lipinski definition) is 2. The highest BCUT2D eigenvalue weighted by Crippen LogP contribution is 2.25. The highest BCUT2D eigenvalue weighted by Gasteiger charge is 2.25. The first-order valence-electron chi connectivity index (χ1n) is 8.47. The zero-order chi connectivity index (χ0) is 14.5. The largest absolute Gasteiger partial charge is 0.393 e. The number of benzene rings is 1. The molecule has 2 N–H and O–H groups in total. The second kappa shape index (κ2) is 7.39. The minimum absolute atomic E-state index is 0.0438. The Labute approximate surface area is 128 Å². The van der Waals surface area contributed by atoms with Crippen LogP contribution in [0.25, 0.3) is 0 Å². The van der Waals surface area contributed by atoms with Crippen LogP contribution in [0.4, 0.5) is 0 Å². The number of nitrogens with one attached hydrogen (secondary N) is 1. The van der Waals surface area contributed by atoms with Crippen LogP contribution in [0, 0.1) is 5.92 Å². The molecule has 1 heterocycles. The molecule has 3 atom stereocenters. The molecule has 2 fully saturated rings. The monoisotopic (exact) mass is 288 g/mol. The standard InChI is InChI=1S/C18H28N2O/c21-18-9-8-16(11-18)12-19-17-7-4-10-20(14-17)13-15-5-2-1-3-6-15/h1-3,5-6,16-19,21H,4,7-14H2. The lowest BCUT2D eigenvalue weighted by atomic mass is 10.0. The van der Waals surface area contributed by atoms with Crippen LogP contribution in [0.15, 0.2) is 30.3 Å². The summed E-state index contributed by atoms with van der Waals surface area (Å²) in [7, 11) is 0. The fourth-order valence-corrected chi connectivity index (χ4v) is 3.77. The summed E-state index contributed by atoms with van der Waals surface area (Å²) in [6.07, 6.45) is 5.72. The van der Waals surface area contributed by atoms with Crippen LogP contribution < -0.4 is 5.32 Å². The Kier molecular flexibility index (Phi) is 5.28. The van der Waals surface area contributed by atoms with Crippen molar-refractivity contribution in [2.45, 2.75) is 50.8 Å². The molecule has 21 heavy (non-hydrogen) atoms. The van der Waals surface area contributed by atoms with E-state index < -0.39 is 0 Å². The number of hydrogen-bond acceptors (Lipinski definition) is 3. The molecule has 3 rings (SSSR count). The van der Waals surface area contributed by atoms with Crippen LogP contribution in [-0.4, -0.2) is 41.8 Å². The first-order valence-corrected chi connectivity index (χ1v) is 8.47. The van der Waals surface area contributed by atoms with Crippen molar-refractivity contribution < 1.29 is 5.11 Å². The van der Waals surface area contributed by atoms with E-state index in [1.54, 1.807) is 0 Å². The van der Waals surface area contributed by atoms with Crippen molar-refractivity contribution >= 4 is 0 Å². The van der Waals surface area contributed by atoms with Crippen LogP contribution >= 0.6 is 0 Å². The fourth-order valence-electron chi connectivity index (χ4n) is 3.77. The van der Waals surface area contributed by atoms with Crippen LogP contribution in [0.5, 0.6) is 0 Å². The summed E-state index contributed by atoms with van der Waals surface area (Å²) in [6.45, 7) is 4.53. The van der Waals surface area contributed by atoms with Crippen molar-refractivity contribution in [3.63, 3.8) is 0 Å². The van der Waals surface area contributed by atoms with Crippen molar-refractivity contribution in [2.24, 2.45) is 5.92 Å². The van der Waals surface area contributed by atoms with E-state index >= 15 is 0 Å². The van der Waals surface area contributed by atoms with Gasteiger partial charge in [0.05, 0.1) is 6.10 Å². The number of rotatable bonds is 5. The van der Waals surface area contributed by atoms with Gasteiger partial charge in [-0.05, 0) is 56.7 Å². The van der Waals surface area contributed by atoms with E-state index in [4.69, 9.17) is 0 Å². The van der Waals surface area contributed by atoms with Crippen LogP contribution in [0.3, 0.4) is 0 Å². The van der Waals surface area contributed by atoms with E-state index in [1.807, 2.05) is 0 Å². The number of nitrogens with zero attached hydrogens (tertiary/aromatic N) is 1. The minimum Gasteiger partial charge on any atom is -0.393 e. The number of aliphatic hydroxyl groups excluding tert-OH is 1. The van der Waals surface area contributed by atoms with Gasteiger partial charge in [0, 0.05) is 19.1 Å². The molecule has 3 heteroatoms. The third-order valence-electron chi connectivity index (χ3n) is 4.96. The van der Waals surface area contributed by atoms with Crippen LogP contribution in [0.1, 0.15) is 37.7 Å². The third kappa shape index (κ3) is 4.53. The lowest BCUT2D eigenvalue weighted by Crippen LogP contribution is -2.46. The number of aliphatic hydroxyl groups is 1. The molecule has 0 aromatic heterocycles. The van der Waals surface area contributed by atoms with Gasteiger partial charge in [0.15, 0.2) is 0 Å². The molecule has 2 aliphatic rings. The van der Waals surface area contributed by atoms with Crippen molar-refractivity contribution in [1.82, 2.24) is 10.2 Å². The smallest absolute Gasteiger partial charge is 0.0543 e. The van der Waals surface area contributed by atoms with E-state index in [-0.39, 0.29) is 6.10 Å². The molecular weight excluding hydrogens is 260 g/mol. The normalized spacial score (nSPS) is 30.6. The first-order chi connectivity index (χ1) is 10.3. The SMILES string of the molecule is OC1CCC(CNC2CCCN(Cc3ccccc3)C2)C1. The van der Waals surface area contributed by atoms with Crippen LogP contribution in [-0.2, 0) is 6.54 Å². The van der Waals surface area contributed by atoms with Gasteiger partial charge in [-0.25, -0.2) is 0 Å². The predicted octanol–water partition coefficient (Wildman–Crippen LogP) is 2.40. The lowest BCUT2D eigenvalue weighted by molar-refractivity contribution is 0.169. The van der Waals surface area contributed by atoms with Crippen molar-refractivity contribution in [3.8, 4) is 0 Å². The van der Waals surface area contributed by atoms with Crippen molar-refractivity contribution in [2.75, 3.05) is 19.6 Å². The molecule has 116 valence electrons. The molecule has 1 aromatic rings. The molecule has 3 nitrogen and oxygen atoms in total. The summed E-state index contributed by atoms with van der Waals surface area (Å²) in [6, 6.07) is 11.4. The lowest BCUT2D eigenvalue weighted by Gasteiger charge is -2.34. The molecular formula is C18H28N2O. The first kappa shape index (κ1) is 15.0.